The maximum atomic E-state index is 5.89. The van der Waals surface area contributed by atoms with Crippen LogP contribution < -0.4 is 5.73 Å². The Hall–Kier alpha value is -0.0600. The van der Waals surface area contributed by atoms with Crippen molar-refractivity contribution in [2.45, 2.75) is 30.9 Å². The summed E-state index contributed by atoms with van der Waals surface area (Å²) >= 11 is 3.86. The van der Waals surface area contributed by atoms with Crippen molar-refractivity contribution in [1.29, 1.82) is 0 Å². The van der Waals surface area contributed by atoms with Gasteiger partial charge in [0.1, 0.15) is 0 Å². The maximum Gasteiger partial charge on any atom is 0.0896 e. The van der Waals surface area contributed by atoms with Gasteiger partial charge in [0.15, 0.2) is 0 Å². The number of nitrogens with zero attached hydrogens (tertiary/aromatic N) is 1. The molecular weight excluding hydrogens is 212 g/mol. The zero-order chi connectivity index (χ0) is 10.0. The van der Waals surface area contributed by atoms with Crippen LogP contribution in [0.25, 0.3) is 0 Å². The molecule has 2 N–H and O–H groups in total. The lowest BCUT2D eigenvalue weighted by atomic mass is 9.99. The minimum Gasteiger partial charge on any atom is -0.329 e. The topological polar surface area (TPSA) is 38.9 Å². The highest BCUT2D eigenvalue weighted by Crippen LogP contribution is 2.40. The summed E-state index contributed by atoms with van der Waals surface area (Å²) in [6.45, 7) is 2.86. The molecule has 0 amide bonds. The summed E-state index contributed by atoms with van der Waals surface area (Å²) in [5.41, 5.74) is 5.89. The molecule has 0 bridgehead atoms. The first-order valence-corrected chi connectivity index (χ1v) is 6.80. The summed E-state index contributed by atoms with van der Waals surface area (Å²) in [6.07, 6.45) is 5.71. The predicted octanol–water partition coefficient (Wildman–Crippen LogP) is 2.22. The van der Waals surface area contributed by atoms with Crippen molar-refractivity contribution in [2.75, 3.05) is 12.3 Å². The molecule has 0 spiro atoms. The lowest BCUT2D eigenvalue weighted by Gasteiger charge is -2.25. The van der Waals surface area contributed by atoms with Crippen LogP contribution in [0.15, 0.2) is 6.20 Å². The number of thioether (sulfide) groups is 1. The fraction of sp³-hybridized carbons (Fsp3) is 0.700. The third kappa shape index (κ3) is 2.12. The molecule has 0 saturated carbocycles. The van der Waals surface area contributed by atoms with Crippen LogP contribution in [0.4, 0.5) is 0 Å². The van der Waals surface area contributed by atoms with Crippen LogP contribution in [0.2, 0.25) is 0 Å². The highest BCUT2D eigenvalue weighted by atomic mass is 32.2. The van der Waals surface area contributed by atoms with E-state index in [-0.39, 0.29) is 0 Å². The van der Waals surface area contributed by atoms with E-state index >= 15 is 0 Å². The molecule has 0 aromatic carbocycles. The van der Waals surface area contributed by atoms with E-state index in [0.717, 1.165) is 18.0 Å². The van der Waals surface area contributed by atoms with Crippen LogP contribution >= 0.6 is 23.1 Å². The van der Waals surface area contributed by atoms with Crippen LogP contribution in [-0.4, -0.2) is 22.0 Å². The Balaban J connectivity index is 2.08. The smallest absolute Gasteiger partial charge is 0.0896 e. The normalized spacial score (nSPS) is 27.0. The van der Waals surface area contributed by atoms with E-state index in [1.807, 2.05) is 29.3 Å². The molecule has 1 fully saturated rings. The number of aromatic nitrogens is 1. The van der Waals surface area contributed by atoms with Gasteiger partial charge in [-0.05, 0) is 31.9 Å². The number of hydrogen-bond acceptors (Lipinski definition) is 4. The number of thiazole rings is 1. The van der Waals surface area contributed by atoms with Crippen LogP contribution in [-0.2, 0) is 6.42 Å². The predicted molar refractivity (Wildman–Crippen MR) is 64.0 cm³/mol. The maximum absolute atomic E-state index is 5.89. The molecule has 1 saturated heterocycles. The summed E-state index contributed by atoms with van der Waals surface area (Å²) in [5.74, 6) is 1.27. The molecule has 78 valence electrons. The van der Waals surface area contributed by atoms with Gasteiger partial charge < -0.3 is 5.73 Å². The van der Waals surface area contributed by atoms with E-state index in [1.165, 1.54) is 23.5 Å². The largest absolute Gasteiger partial charge is 0.329 e. The molecule has 2 nitrogen and oxygen atoms in total. The van der Waals surface area contributed by atoms with Crippen molar-refractivity contribution in [1.82, 2.24) is 4.98 Å². The summed E-state index contributed by atoms with van der Waals surface area (Å²) in [5, 5.41) is 1.16. The van der Waals surface area contributed by atoms with E-state index in [0.29, 0.717) is 4.75 Å². The van der Waals surface area contributed by atoms with Crippen molar-refractivity contribution in [3.05, 3.63) is 16.1 Å². The van der Waals surface area contributed by atoms with Crippen LogP contribution in [0.3, 0.4) is 0 Å². The van der Waals surface area contributed by atoms with Crippen molar-refractivity contribution < 1.29 is 0 Å². The molecule has 4 heteroatoms. The zero-order valence-electron chi connectivity index (χ0n) is 8.45. The number of hydrogen-bond donors (Lipinski definition) is 1. The zero-order valence-corrected chi connectivity index (χ0v) is 10.1. The first-order chi connectivity index (χ1) is 6.74. The lowest BCUT2D eigenvalue weighted by Crippen LogP contribution is -2.33. The Labute approximate surface area is 93.3 Å². The van der Waals surface area contributed by atoms with Gasteiger partial charge in [0, 0.05) is 22.4 Å². The third-order valence-corrected chi connectivity index (χ3v) is 5.26. The molecule has 1 aliphatic heterocycles. The number of aryl methyl sites for hydroxylation is 1. The summed E-state index contributed by atoms with van der Waals surface area (Å²) in [4.78, 5) is 5.68. The second kappa shape index (κ2) is 4.21. The monoisotopic (exact) mass is 228 g/mol. The van der Waals surface area contributed by atoms with Gasteiger partial charge in [-0.3, -0.25) is 0 Å². The van der Waals surface area contributed by atoms with E-state index in [4.69, 9.17) is 5.73 Å². The Bertz CT molecular complexity index is 303. The van der Waals surface area contributed by atoms with Gasteiger partial charge in [0.25, 0.3) is 0 Å². The van der Waals surface area contributed by atoms with Gasteiger partial charge in [-0.1, -0.05) is 0 Å². The van der Waals surface area contributed by atoms with Gasteiger partial charge in [-0.2, -0.15) is 11.8 Å². The van der Waals surface area contributed by atoms with Crippen LogP contribution in [0, 0.1) is 6.92 Å². The third-order valence-electron chi connectivity index (χ3n) is 2.72. The number of rotatable bonds is 3. The van der Waals surface area contributed by atoms with E-state index in [2.05, 4.69) is 11.9 Å². The highest BCUT2D eigenvalue weighted by Gasteiger charge is 2.33. The summed E-state index contributed by atoms with van der Waals surface area (Å²) in [6, 6.07) is 0. The average Bonchev–Trinajstić information content (AvgIpc) is 2.77. The van der Waals surface area contributed by atoms with E-state index < -0.39 is 0 Å². The molecule has 1 unspecified atom stereocenters. The quantitative estimate of drug-likeness (QED) is 0.862. The SMILES string of the molecule is Cc1ncc(CC2(CN)CCCS2)s1. The Morgan fingerprint density at radius 1 is 1.64 bits per heavy atom. The average molecular weight is 228 g/mol. The molecule has 14 heavy (non-hydrogen) atoms. The lowest BCUT2D eigenvalue weighted by molar-refractivity contribution is 0.568. The fourth-order valence-corrected chi connectivity index (χ4v) is 4.35. The van der Waals surface area contributed by atoms with Gasteiger partial charge >= 0.3 is 0 Å². The molecule has 2 rings (SSSR count). The molecule has 2 heterocycles. The van der Waals surface area contributed by atoms with Crippen molar-refractivity contribution >= 4 is 23.1 Å². The van der Waals surface area contributed by atoms with Crippen molar-refractivity contribution in [2.24, 2.45) is 5.73 Å². The minimum absolute atomic E-state index is 0.318. The minimum atomic E-state index is 0.318. The number of nitrogens with two attached hydrogens (primary N) is 1. The second-order valence-corrected chi connectivity index (χ2v) is 6.74. The summed E-state index contributed by atoms with van der Waals surface area (Å²) in [7, 11) is 0. The van der Waals surface area contributed by atoms with Crippen LogP contribution in [0.5, 0.6) is 0 Å². The van der Waals surface area contributed by atoms with Gasteiger partial charge in [0.05, 0.1) is 5.01 Å². The first-order valence-electron chi connectivity index (χ1n) is 4.99. The Kier molecular flexibility index (Phi) is 3.14. The Morgan fingerprint density at radius 3 is 3.00 bits per heavy atom. The molecule has 1 atom stereocenters. The Morgan fingerprint density at radius 2 is 2.50 bits per heavy atom. The molecule has 1 aromatic heterocycles. The van der Waals surface area contributed by atoms with Gasteiger partial charge in [0.2, 0.25) is 0 Å². The fourth-order valence-electron chi connectivity index (χ4n) is 1.93. The van der Waals surface area contributed by atoms with Crippen molar-refractivity contribution in [3.8, 4) is 0 Å². The second-order valence-electron chi connectivity index (χ2n) is 3.86. The van der Waals surface area contributed by atoms with Gasteiger partial charge in [-0.25, -0.2) is 4.98 Å². The van der Waals surface area contributed by atoms with Crippen molar-refractivity contribution in [3.63, 3.8) is 0 Å². The highest BCUT2D eigenvalue weighted by molar-refractivity contribution is 8.00. The van der Waals surface area contributed by atoms with Crippen LogP contribution in [0.1, 0.15) is 22.7 Å². The molecule has 1 aliphatic rings. The molecular formula is C10H16N2S2. The standard InChI is InChI=1S/C10H16N2S2/c1-8-12-6-9(14-8)5-10(7-11)3-2-4-13-10/h6H,2-5,7,11H2,1H3. The molecule has 1 aromatic rings. The molecule has 0 aliphatic carbocycles. The summed E-state index contributed by atoms with van der Waals surface area (Å²) < 4.78 is 0.318. The first kappa shape index (κ1) is 10.5. The van der Waals surface area contributed by atoms with E-state index in [9.17, 15) is 0 Å². The van der Waals surface area contributed by atoms with E-state index in [1.54, 1.807) is 0 Å². The molecule has 0 radical (unpaired) electrons. The van der Waals surface area contributed by atoms with Gasteiger partial charge in [-0.15, -0.1) is 11.3 Å².